The van der Waals surface area contributed by atoms with Crippen LogP contribution in [0.25, 0.3) is 0 Å². The maximum Gasteiger partial charge on any atom is 0.0599 e. The number of rotatable bonds is 2. The Labute approximate surface area is 79.9 Å². The van der Waals surface area contributed by atoms with Crippen LogP contribution in [0.1, 0.15) is 13.8 Å². The van der Waals surface area contributed by atoms with Crippen molar-refractivity contribution < 1.29 is 0 Å². The van der Waals surface area contributed by atoms with Crippen molar-refractivity contribution in [2.24, 2.45) is 5.92 Å². The fourth-order valence-electron chi connectivity index (χ4n) is 1.41. The van der Waals surface area contributed by atoms with Gasteiger partial charge >= 0.3 is 0 Å². The summed E-state index contributed by atoms with van der Waals surface area (Å²) in [6.07, 6.45) is 5.28. The summed E-state index contributed by atoms with van der Waals surface area (Å²) in [5, 5.41) is 0.784. The molecule has 1 nitrogen and oxygen atoms in total. The summed E-state index contributed by atoms with van der Waals surface area (Å²) in [6, 6.07) is 0. The van der Waals surface area contributed by atoms with Crippen LogP contribution in [0.4, 0.5) is 0 Å². The molecule has 0 N–H and O–H groups in total. The lowest BCUT2D eigenvalue weighted by Crippen LogP contribution is -2.40. The van der Waals surface area contributed by atoms with Crippen LogP contribution >= 0.6 is 11.8 Å². The second kappa shape index (κ2) is 4.79. The molecule has 1 heterocycles. The Hall–Kier alpha value is -0.130. The first-order chi connectivity index (χ1) is 5.74. The highest BCUT2D eigenvalue weighted by atomic mass is 32.2. The van der Waals surface area contributed by atoms with Crippen molar-refractivity contribution in [3.8, 4) is 12.3 Å². The summed E-state index contributed by atoms with van der Waals surface area (Å²) >= 11 is 2.09. The Bertz CT molecular complexity index is 171. The van der Waals surface area contributed by atoms with E-state index < -0.39 is 0 Å². The Morgan fingerprint density at radius 1 is 1.67 bits per heavy atom. The second-order valence-electron chi connectivity index (χ2n) is 3.59. The van der Waals surface area contributed by atoms with Crippen LogP contribution in [0.5, 0.6) is 0 Å². The molecule has 1 atom stereocenters. The van der Waals surface area contributed by atoms with E-state index in [0.717, 1.165) is 24.3 Å². The predicted molar refractivity (Wildman–Crippen MR) is 56.4 cm³/mol. The molecule has 1 aliphatic rings. The molecule has 68 valence electrons. The van der Waals surface area contributed by atoms with Crippen molar-refractivity contribution in [1.82, 2.24) is 4.90 Å². The number of terminal acetylenes is 1. The summed E-state index contributed by atoms with van der Waals surface area (Å²) in [4.78, 5) is 2.38. The van der Waals surface area contributed by atoms with Crippen LogP contribution in [0, 0.1) is 18.3 Å². The minimum absolute atomic E-state index is 0.774. The summed E-state index contributed by atoms with van der Waals surface area (Å²) in [7, 11) is 0. The van der Waals surface area contributed by atoms with Gasteiger partial charge < -0.3 is 0 Å². The maximum atomic E-state index is 5.28. The molecule has 0 aromatic heterocycles. The molecule has 0 amide bonds. The molecule has 1 rings (SSSR count). The molecule has 1 unspecified atom stereocenters. The molecular weight excluding hydrogens is 166 g/mol. The van der Waals surface area contributed by atoms with E-state index in [4.69, 9.17) is 6.42 Å². The van der Waals surface area contributed by atoms with Gasteiger partial charge in [0.1, 0.15) is 0 Å². The Morgan fingerprint density at radius 2 is 2.42 bits per heavy atom. The zero-order valence-electron chi connectivity index (χ0n) is 7.92. The van der Waals surface area contributed by atoms with Crippen molar-refractivity contribution in [1.29, 1.82) is 0 Å². The fourth-order valence-corrected chi connectivity index (χ4v) is 2.78. The highest BCUT2D eigenvalue weighted by Crippen LogP contribution is 2.24. The molecule has 0 aliphatic carbocycles. The third kappa shape index (κ3) is 2.73. The zero-order chi connectivity index (χ0) is 8.97. The Morgan fingerprint density at radius 3 is 3.00 bits per heavy atom. The second-order valence-corrected chi connectivity index (χ2v) is 4.94. The van der Waals surface area contributed by atoms with E-state index in [0.29, 0.717) is 0 Å². The third-order valence-corrected chi connectivity index (χ3v) is 3.78. The smallest absolute Gasteiger partial charge is 0.0599 e. The summed E-state index contributed by atoms with van der Waals surface area (Å²) in [5.41, 5.74) is 0. The van der Waals surface area contributed by atoms with Crippen molar-refractivity contribution in [3.05, 3.63) is 0 Å². The molecular formula is C10H17NS. The minimum Gasteiger partial charge on any atom is -0.290 e. The summed E-state index contributed by atoms with van der Waals surface area (Å²) < 4.78 is 0. The van der Waals surface area contributed by atoms with Gasteiger partial charge in [-0.05, 0) is 5.92 Å². The van der Waals surface area contributed by atoms with Crippen LogP contribution in [0.3, 0.4) is 0 Å². The van der Waals surface area contributed by atoms with Gasteiger partial charge in [0, 0.05) is 24.1 Å². The lowest BCUT2D eigenvalue weighted by atomic mass is 10.1. The average molecular weight is 183 g/mol. The first kappa shape index (κ1) is 9.95. The molecule has 1 aliphatic heterocycles. The fraction of sp³-hybridized carbons (Fsp3) is 0.800. The monoisotopic (exact) mass is 183 g/mol. The zero-order valence-corrected chi connectivity index (χ0v) is 8.73. The van der Waals surface area contributed by atoms with Crippen molar-refractivity contribution >= 4 is 11.8 Å². The molecule has 0 spiro atoms. The molecule has 2 heteroatoms. The van der Waals surface area contributed by atoms with E-state index in [1.54, 1.807) is 0 Å². The van der Waals surface area contributed by atoms with Gasteiger partial charge in [0.25, 0.3) is 0 Å². The molecule has 0 radical (unpaired) electrons. The van der Waals surface area contributed by atoms with Crippen molar-refractivity contribution in [2.75, 3.05) is 25.4 Å². The molecule has 0 saturated carbocycles. The van der Waals surface area contributed by atoms with Gasteiger partial charge in [0.2, 0.25) is 0 Å². The molecule has 0 aromatic rings. The Kier molecular flexibility index (Phi) is 3.97. The molecule has 0 aromatic carbocycles. The third-order valence-electron chi connectivity index (χ3n) is 2.24. The van der Waals surface area contributed by atoms with Crippen molar-refractivity contribution in [3.63, 3.8) is 0 Å². The SMILES string of the molecule is C#CCN1CCSC(C(C)C)C1. The van der Waals surface area contributed by atoms with E-state index in [-0.39, 0.29) is 0 Å². The first-order valence-electron chi connectivity index (χ1n) is 4.51. The van der Waals surface area contributed by atoms with Crippen LogP contribution in [0.15, 0.2) is 0 Å². The van der Waals surface area contributed by atoms with Gasteiger partial charge in [-0.2, -0.15) is 11.8 Å². The molecule has 12 heavy (non-hydrogen) atoms. The van der Waals surface area contributed by atoms with E-state index in [1.165, 1.54) is 12.3 Å². The summed E-state index contributed by atoms with van der Waals surface area (Å²) in [6.45, 7) is 7.74. The van der Waals surface area contributed by atoms with Crippen LogP contribution in [-0.2, 0) is 0 Å². The quantitative estimate of drug-likeness (QED) is 0.599. The van der Waals surface area contributed by atoms with Crippen LogP contribution in [0.2, 0.25) is 0 Å². The van der Waals surface area contributed by atoms with Gasteiger partial charge in [-0.3, -0.25) is 4.90 Å². The summed E-state index contributed by atoms with van der Waals surface area (Å²) in [5.74, 6) is 4.73. The van der Waals surface area contributed by atoms with Crippen LogP contribution in [-0.4, -0.2) is 35.5 Å². The molecule has 1 fully saturated rings. The normalized spacial score (nSPS) is 25.7. The van der Waals surface area contributed by atoms with Gasteiger partial charge in [0.05, 0.1) is 6.54 Å². The predicted octanol–water partition coefficient (Wildman–Crippen LogP) is 1.69. The lowest BCUT2D eigenvalue weighted by Gasteiger charge is -2.33. The van der Waals surface area contributed by atoms with Gasteiger partial charge in [-0.25, -0.2) is 0 Å². The maximum absolute atomic E-state index is 5.28. The number of nitrogens with zero attached hydrogens (tertiary/aromatic N) is 1. The highest BCUT2D eigenvalue weighted by Gasteiger charge is 2.21. The molecule has 0 bridgehead atoms. The van der Waals surface area contributed by atoms with Gasteiger partial charge in [0.15, 0.2) is 0 Å². The minimum atomic E-state index is 0.774. The van der Waals surface area contributed by atoms with Gasteiger partial charge in [-0.1, -0.05) is 19.8 Å². The van der Waals surface area contributed by atoms with E-state index in [2.05, 4.69) is 36.4 Å². The molecule has 1 saturated heterocycles. The largest absolute Gasteiger partial charge is 0.290 e. The van der Waals surface area contributed by atoms with E-state index in [9.17, 15) is 0 Å². The van der Waals surface area contributed by atoms with Crippen molar-refractivity contribution in [2.45, 2.75) is 19.1 Å². The van der Waals surface area contributed by atoms with E-state index >= 15 is 0 Å². The number of hydrogen-bond acceptors (Lipinski definition) is 2. The average Bonchev–Trinajstić information content (AvgIpc) is 2.05. The van der Waals surface area contributed by atoms with Crippen LogP contribution < -0.4 is 0 Å². The topological polar surface area (TPSA) is 3.24 Å². The van der Waals surface area contributed by atoms with E-state index in [1.807, 2.05) is 0 Å². The number of thioether (sulfide) groups is 1. The standard InChI is InChI=1S/C10H17NS/c1-4-5-11-6-7-12-10(8-11)9(2)3/h1,9-10H,5-8H2,2-3H3. The highest BCUT2D eigenvalue weighted by molar-refractivity contribution is 8.00. The Balaban J connectivity index is 2.36. The lowest BCUT2D eigenvalue weighted by molar-refractivity contribution is 0.299. The first-order valence-corrected chi connectivity index (χ1v) is 5.56. The number of hydrogen-bond donors (Lipinski definition) is 0. The van der Waals surface area contributed by atoms with Gasteiger partial charge in [-0.15, -0.1) is 6.42 Å².